The molecule has 120 valence electrons. The smallest absolute Gasteiger partial charge is 0.273 e. The first kappa shape index (κ1) is 15.5. The fraction of sp³-hybridized carbons (Fsp3) is 0.0556. The summed E-state index contributed by atoms with van der Waals surface area (Å²) in [5.74, 6) is 0.401. The molecule has 0 unspecified atom stereocenters. The Morgan fingerprint density at radius 3 is 2.71 bits per heavy atom. The van der Waals surface area contributed by atoms with E-state index in [1.807, 2.05) is 30.3 Å². The van der Waals surface area contributed by atoms with Crippen LogP contribution in [0.5, 0.6) is 11.5 Å². The van der Waals surface area contributed by atoms with Crippen molar-refractivity contribution in [2.75, 3.05) is 7.11 Å². The third-order valence-electron chi connectivity index (χ3n) is 3.65. The minimum Gasteiger partial charge on any atom is -0.507 e. The van der Waals surface area contributed by atoms with E-state index in [0.717, 1.165) is 10.8 Å². The van der Waals surface area contributed by atoms with Crippen LogP contribution in [0.4, 0.5) is 11.4 Å². The Morgan fingerprint density at radius 2 is 1.96 bits per heavy atom. The number of rotatable bonds is 4. The summed E-state index contributed by atoms with van der Waals surface area (Å²) in [5, 5.41) is 22.8. The van der Waals surface area contributed by atoms with Gasteiger partial charge in [-0.15, -0.1) is 0 Å². The van der Waals surface area contributed by atoms with Crippen molar-refractivity contribution in [2.45, 2.75) is 0 Å². The summed E-state index contributed by atoms with van der Waals surface area (Å²) in [7, 11) is 1.42. The highest BCUT2D eigenvalue weighted by atomic mass is 16.6. The van der Waals surface area contributed by atoms with Gasteiger partial charge < -0.3 is 9.84 Å². The number of hydrogen-bond acceptors (Lipinski definition) is 5. The second kappa shape index (κ2) is 6.37. The summed E-state index contributed by atoms with van der Waals surface area (Å²) in [6.45, 7) is 0. The largest absolute Gasteiger partial charge is 0.507 e. The lowest BCUT2D eigenvalue weighted by Gasteiger charge is -2.06. The maximum absolute atomic E-state index is 10.8. The van der Waals surface area contributed by atoms with Crippen LogP contribution in [-0.2, 0) is 0 Å². The predicted octanol–water partition coefficient (Wildman–Crippen LogP) is 4.21. The fourth-order valence-electron chi connectivity index (χ4n) is 2.44. The molecule has 0 aliphatic heterocycles. The summed E-state index contributed by atoms with van der Waals surface area (Å²) in [4.78, 5) is 14.7. The molecule has 3 rings (SSSR count). The molecule has 1 N–H and O–H groups in total. The van der Waals surface area contributed by atoms with Gasteiger partial charge in [0, 0.05) is 17.8 Å². The molecule has 0 amide bonds. The van der Waals surface area contributed by atoms with Crippen molar-refractivity contribution in [1.29, 1.82) is 0 Å². The Bertz CT molecular complexity index is 951. The second-order valence-electron chi connectivity index (χ2n) is 5.09. The topological polar surface area (TPSA) is 85.0 Å². The summed E-state index contributed by atoms with van der Waals surface area (Å²) in [5.41, 5.74) is 0.947. The Balaban J connectivity index is 2.06. The molecule has 0 atom stereocenters. The van der Waals surface area contributed by atoms with Gasteiger partial charge in [0.2, 0.25) is 0 Å². The van der Waals surface area contributed by atoms with E-state index < -0.39 is 4.92 Å². The lowest BCUT2D eigenvalue weighted by atomic mass is 10.0. The number of methoxy groups -OCH3 is 1. The Morgan fingerprint density at radius 1 is 1.17 bits per heavy atom. The van der Waals surface area contributed by atoms with Crippen LogP contribution in [0.25, 0.3) is 10.8 Å². The van der Waals surface area contributed by atoms with Gasteiger partial charge in [-0.1, -0.05) is 30.3 Å². The van der Waals surface area contributed by atoms with Crippen molar-refractivity contribution in [3.05, 3.63) is 70.3 Å². The summed E-state index contributed by atoms with van der Waals surface area (Å²) >= 11 is 0. The zero-order chi connectivity index (χ0) is 17.1. The van der Waals surface area contributed by atoms with Gasteiger partial charge in [0.05, 0.1) is 18.1 Å². The maximum atomic E-state index is 10.8. The number of phenolic OH excluding ortho intramolecular Hbond substituents is 1. The van der Waals surface area contributed by atoms with Crippen molar-refractivity contribution in [1.82, 2.24) is 0 Å². The van der Waals surface area contributed by atoms with Gasteiger partial charge in [0.25, 0.3) is 5.69 Å². The number of ether oxygens (including phenoxy) is 1. The number of nitrogens with zero attached hydrogens (tertiary/aromatic N) is 2. The van der Waals surface area contributed by atoms with Crippen LogP contribution in [0.1, 0.15) is 5.56 Å². The molecule has 3 aromatic carbocycles. The number of hydrogen-bond donors (Lipinski definition) is 1. The highest BCUT2D eigenvalue weighted by Gasteiger charge is 2.11. The van der Waals surface area contributed by atoms with E-state index in [1.54, 1.807) is 6.07 Å². The lowest BCUT2D eigenvalue weighted by Crippen LogP contribution is -1.91. The fourth-order valence-corrected chi connectivity index (χ4v) is 2.44. The first-order valence-corrected chi connectivity index (χ1v) is 7.17. The number of fused-ring (bicyclic) bond motifs is 1. The van der Waals surface area contributed by atoms with Gasteiger partial charge in [0.15, 0.2) is 5.75 Å². The van der Waals surface area contributed by atoms with E-state index in [4.69, 9.17) is 4.74 Å². The minimum absolute atomic E-state index is 0.0705. The van der Waals surface area contributed by atoms with Gasteiger partial charge in [-0.3, -0.25) is 15.1 Å². The molecule has 0 aromatic heterocycles. The second-order valence-corrected chi connectivity index (χ2v) is 5.09. The van der Waals surface area contributed by atoms with Gasteiger partial charge in [-0.25, -0.2) is 0 Å². The molecule has 0 saturated carbocycles. The van der Waals surface area contributed by atoms with Gasteiger partial charge in [0.1, 0.15) is 11.4 Å². The summed E-state index contributed by atoms with van der Waals surface area (Å²) < 4.78 is 5.16. The molecule has 6 nitrogen and oxygen atoms in total. The van der Waals surface area contributed by atoms with E-state index in [2.05, 4.69) is 4.99 Å². The number of aromatic hydroxyl groups is 1. The van der Waals surface area contributed by atoms with Crippen LogP contribution in [0.15, 0.2) is 59.6 Å². The maximum Gasteiger partial charge on any atom is 0.273 e. The zero-order valence-electron chi connectivity index (χ0n) is 12.8. The monoisotopic (exact) mass is 322 g/mol. The van der Waals surface area contributed by atoms with Crippen LogP contribution in [0.3, 0.4) is 0 Å². The molecule has 24 heavy (non-hydrogen) atoms. The number of phenols is 1. The number of nitro benzene ring substituents is 1. The van der Waals surface area contributed by atoms with Crippen molar-refractivity contribution < 1.29 is 14.8 Å². The van der Waals surface area contributed by atoms with Crippen LogP contribution in [-0.4, -0.2) is 23.4 Å². The average Bonchev–Trinajstić information content (AvgIpc) is 2.60. The molecular formula is C18H14N2O4. The number of nitro groups is 1. The van der Waals surface area contributed by atoms with Crippen molar-refractivity contribution in [2.24, 2.45) is 4.99 Å². The first-order chi connectivity index (χ1) is 11.6. The Labute approximate surface area is 137 Å². The SMILES string of the molecule is COc1cc([N+](=O)[O-])ccc1N=Cc1c(O)ccc2ccccc12. The van der Waals surface area contributed by atoms with Gasteiger partial charge >= 0.3 is 0 Å². The molecular weight excluding hydrogens is 308 g/mol. The van der Waals surface area contributed by atoms with Crippen molar-refractivity contribution >= 4 is 28.4 Å². The molecule has 0 saturated heterocycles. The molecule has 0 aliphatic carbocycles. The van der Waals surface area contributed by atoms with Crippen LogP contribution in [0, 0.1) is 10.1 Å². The van der Waals surface area contributed by atoms with E-state index in [1.165, 1.54) is 31.5 Å². The van der Waals surface area contributed by atoms with E-state index in [9.17, 15) is 15.2 Å². The lowest BCUT2D eigenvalue weighted by molar-refractivity contribution is -0.384. The number of aliphatic imine (C=N–C) groups is 1. The predicted molar refractivity (Wildman–Crippen MR) is 92.5 cm³/mol. The molecule has 0 bridgehead atoms. The quantitative estimate of drug-likeness (QED) is 0.443. The summed E-state index contributed by atoms with van der Waals surface area (Å²) in [6, 6.07) is 15.3. The highest BCUT2D eigenvalue weighted by molar-refractivity contribution is 6.03. The van der Waals surface area contributed by atoms with Gasteiger partial charge in [-0.2, -0.15) is 0 Å². The molecule has 3 aromatic rings. The van der Waals surface area contributed by atoms with Crippen LogP contribution >= 0.6 is 0 Å². The number of non-ortho nitro benzene ring substituents is 1. The zero-order valence-corrected chi connectivity index (χ0v) is 12.8. The highest BCUT2D eigenvalue weighted by Crippen LogP contribution is 2.32. The van der Waals surface area contributed by atoms with Crippen molar-refractivity contribution in [3.8, 4) is 11.5 Å². The molecule has 6 heteroatoms. The number of benzene rings is 3. The third-order valence-corrected chi connectivity index (χ3v) is 3.65. The minimum atomic E-state index is -0.494. The first-order valence-electron chi connectivity index (χ1n) is 7.17. The molecule has 0 radical (unpaired) electrons. The third kappa shape index (κ3) is 2.89. The standard InChI is InChI=1S/C18H14N2O4/c1-24-18-10-13(20(22)23)7-8-16(18)19-11-15-14-5-3-2-4-12(14)6-9-17(15)21/h2-11,21H,1H3. The van der Waals surface area contributed by atoms with E-state index >= 15 is 0 Å². The summed E-state index contributed by atoms with van der Waals surface area (Å²) in [6.07, 6.45) is 1.53. The van der Waals surface area contributed by atoms with Gasteiger partial charge in [-0.05, 0) is 22.9 Å². The molecule has 0 aliphatic rings. The van der Waals surface area contributed by atoms with E-state index in [-0.39, 0.29) is 11.4 Å². The van der Waals surface area contributed by atoms with Crippen LogP contribution in [0.2, 0.25) is 0 Å². The van der Waals surface area contributed by atoms with Crippen LogP contribution < -0.4 is 4.74 Å². The average molecular weight is 322 g/mol. The Hall–Kier alpha value is -3.41. The molecule has 0 spiro atoms. The Kier molecular flexibility index (Phi) is 4.11. The normalized spacial score (nSPS) is 11.0. The molecule has 0 heterocycles. The molecule has 0 fully saturated rings. The van der Waals surface area contributed by atoms with E-state index in [0.29, 0.717) is 17.0 Å². The van der Waals surface area contributed by atoms with Crippen molar-refractivity contribution in [3.63, 3.8) is 0 Å².